The summed E-state index contributed by atoms with van der Waals surface area (Å²) in [7, 11) is 5.25. The largest absolute Gasteiger partial charge is 0.508 e. The Bertz CT molecular complexity index is 2480. The van der Waals surface area contributed by atoms with Crippen LogP contribution in [0.4, 0.5) is 0 Å². The molecule has 15 nitrogen and oxygen atoms in total. The third-order valence-electron chi connectivity index (χ3n) is 12.8. The van der Waals surface area contributed by atoms with Crippen LogP contribution in [0.3, 0.4) is 0 Å². The predicted octanol–water partition coefficient (Wildman–Crippen LogP) is 5.38. The van der Waals surface area contributed by atoms with Crippen molar-refractivity contribution in [2.45, 2.75) is 84.5 Å². The average Bonchev–Trinajstić information content (AvgIpc) is 3.87. The van der Waals surface area contributed by atoms with Crippen molar-refractivity contribution in [1.82, 2.24) is 35.1 Å². The predicted molar refractivity (Wildman–Crippen MR) is 284 cm³/mol. The quantitative estimate of drug-likeness (QED) is 0.146. The lowest BCUT2D eigenvalue weighted by atomic mass is 9.84. The second-order valence-electron chi connectivity index (χ2n) is 18.6. The summed E-state index contributed by atoms with van der Waals surface area (Å²) in [5, 5.41) is 16.6. The maximum absolute atomic E-state index is 14.7. The fourth-order valence-corrected chi connectivity index (χ4v) is 9.62. The topological polar surface area (TPSA) is 176 Å². The Morgan fingerprint density at radius 2 is 1.79 bits per heavy atom. The van der Waals surface area contributed by atoms with Crippen LogP contribution in [0, 0.1) is 17.3 Å². The third-order valence-corrected chi connectivity index (χ3v) is 12.8. The van der Waals surface area contributed by atoms with E-state index in [9.17, 15) is 29.1 Å². The van der Waals surface area contributed by atoms with E-state index >= 15 is 0 Å². The summed E-state index contributed by atoms with van der Waals surface area (Å²) in [6, 6.07) is 12.4. The first kappa shape index (κ1) is 57.7. The van der Waals surface area contributed by atoms with Gasteiger partial charge in [-0.05, 0) is 96.3 Å². The van der Waals surface area contributed by atoms with Gasteiger partial charge in [-0.3, -0.25) is 34.0 Å². The summed E-state index contributed by atoms with van der Waals surface area (Å²) in [5.41, 5.74) is 9.40. The van der Waals surface area contributed by atoms with E-state index in [-0.39, 0.29) is 104 Å². The highest BCUT2D eigenvalue weighted by Crippen LogP contribution is 2.41. The van der Waals surface area contributed by atoms with Gasteiger partial charge in [0.2, 0.25) is 17.7 Å². The number of phenolic OH excluding ortho intramolecular Hbond substituents is 1. The molecule has 3 N–H and O–H groups in total. The maximum atomic E-state index is 14.7. The van der Waals surface area contributed by atoms with E-state index in [1.54, 1.807) is 37.4 Å². The van der Waals surface area contributed by atoms with Crippen molar-refractivity contribution in [2.24, 2.45) is 24.3 Å². The summed E-state index contributed by atoms with van der Waals surface area (Å²) >= 11 is 0. The molecule has 0 unspecified atom stereocenters. The molecule has 2 fully saturated rings. The summed E-state index contributed by atoms with van der Waals surface area (Å²) < 4.78 is 13.8. The summed E-state index contributed by atoms with van der Waals surface area (Å²) in [4.78, 5) is 76.8. The van der Waals surface area contributed by atoms with Crippen LogP contribution < -0.4 is 10.7 Å². The van der Waals surface area contributed by atoms with E-state index in [1.165, 1.54) is 16.0 Å². The van der Waals surface area contributed by atoms with Crippen molar-refractivity contribution >= 4 is 94.5 Å². The van der Waals surface area contributed by atoms with Gasteiger partial charge < -0.3 is 34.3 Å². The van der Waals surface area contributed by atoms with E-state index in [0.29, 0.717) is 50.0 Å². The number of likely N-dealkylation sites (N-methyl/N-ethyl adjacent to an activating group) is 1. The number of benzene rings is 2. The van der Waals surface area contributed by atoms with Gasteiger partial charge in [-0.1, -0.05) is 46.4 Å². The number of rotatable bonds is 9. The lowest BCUT2D eigenvalue weighted by Crippen LogP contribution is -2.62. The molecule has 0 radical (unpaired) electrons. The maximum Gasteiger partial charge on any atom is 0.324 e. The molecule has 0 saturated carbocycles. The highest BCUT2D eigenvalue weighted by Gasteiger charge is 2.40. The van der Waals surface area contributed by atoms with E-state index in [0.717, 1.165) is 39.0 Å². The Hall–Kier alpha value is -4.66. The molecule has 2 saturated heterocycles. The average molecular weight is 1010 g/mol. The van der Waals surface area contributed by atoms with Crippen LogP contribution in [0.5, 0.6) is 5.75 Å². The standard InChI is InChI=1S/C49H61N7O8.4H2S/c1-9-42(58)55-19-16-32(26-55)46(60)54(7)43(29(2)3)45(59)51-39-22-30-20-33(23-34(57)21-30)31-14-15-41-36(24-31)37(44(53(41)6)35-12-10-17-50-40(35)27-63-8)25-49(4,5)28-64-48(62)38-13-11-18-56(52-38)47(39)61;;;;/h9-10,12,14-15,17,20-21,23-24,29,32,38-39,43,52,57H,1,11,13,16,18-19,22,25-28H2,2-8H3,(H,51,59);4*1H2/t32-,38-,39-,43-;;;;/m0..../s1. The monoisotopic (exact) mass is 1010 g/mol. The molecule has 19 heteroatoms. The molecule has 6 bridgehead atoms. The van der Waals surface area contributed by atoms with Gasteiger partial charge in [-0.15, -0.1) is 0 Å². The summed E-state index contributed by atoms with van der Waals surface area (Å²) in [6.07, 6.45) is 4.91. The number of pyridine rings is 1. The second-order valence-corrected chi connectivity index (χ2v) is 18.6. The van der Waals surface area contributed by atoms with Crippen molar-refractivity contribution in [3.8, 4) is 28.1 Å². The number of aromatic nitrogens is 2. The Morgan fingerprint density at radius 3 is 2.49 bits per heavy atom. The first-order valence-electron chi connectivity index (χ1n) is 22.1. The van der Waals surface area contributed by atoms with Gasteiger partial charge in [-0.2, -0.15) is 54.0 Å². The SMILES string of the molecule is C=CC(=O)N1CC[C@H](C(=O)N(C)[C@H](C(=O)N[C@H]2Cc3cc(O)cc(c3)-c3ccc4c(c3)c(c(-c3cccnc3COC)n4C)CC(C)(C)COC(=O)[C@@H]3CCCN(N3)C2=O)C(C)C)C1.S.S.S.S. The number of aromatic hydroxyl groups is 1. The normalized spacial score (nSPS) is 19.5. The van der Waals surface area contributed by atoms with Crippen molar-refractivity contribution in [1.29, 1.82) is 0 Å². The minimum absolute atomic E-state index is 0. The molecule has 4 amide bonds. The van der Waals surface area contributed by atoms with Crippen molar-refractivity contribution < 1.29 is 38.6 Å². The van der Waals surface area contributed by atoms with Gasteiger partial charge in [-0.25, -0.2) is 5.43 Å². The highest BCUT2D eigenvalue weighted by molar-refractivity contribution is 7.59. The number of methoxy groups -OCH3 is 1. The Labute approximate surface area is 427 Å². The Morgan fingerprint density at radius 1 is 1.06 bits per heavy atom. The molecule has 4 atom stereocenters. The zero-order chi connectivity index (χ0) is 46.0. The van der Waals surface area contributed by atoms with Gasteiger partial charge in [0.1, 0.15) is 23.9 Å². The molecule has 68 heavy (non-hydrogen) atoms. The van der Waals surface area contributed by atoms with E-state index < -0.39 is 47.2 Å². The lowest BCUT2D eigenvalue weighted by Gasteiger charge is -2.37. The van der Waals surface area contributed by atoms with Gasteiger partial charge in [0, 0.05) is 75.3 Å². The smallest absolute Gasteiger partial charge is 0.324 e. The number of fused-ring (bicyclic) bond motifs is 6. The number of hydrogen-bond acceptors (Lipinski definition) is 10. The summed E-state index contributed by atoms with van der Waals surface area (Å²) in [5.74, 6) is -2.87. The first-order valence-corrected chi connectivity index (χ1v) is 22.1. The van der Waals surface area contributed by atoms with Crippen LogP contribution in [0.2, 0.25) is 0 Å². The highest BCUT2D eigenvalue weighted by atomic mass is 32.1. The van der Waals surface area contributed by atoms with Crippen molar-refractivity contribution in [3.63, 3.8) is 0 Å². The minimum atomic E-state index is -1.16. The number of nitrogens with one attached hydrogen (secondary N) is 2. The van der Waals surface area contributed by atoms with Gasteiger partial charge in [0.05, 0.1) is 30.5 Å². The van der Waals surface area contributed by atoms with Crippen molar-refractivity contribution in [2.75, 3.05) is 40.4 Å². The molecular weight excluding hydrogens is 943 g/mol. The van der Waals surface area contributed by atoms with E-state index in [4.69, 9.17) is 9.47 Å². The molecular formula is C49H69N7O8S4. The first-order chi connectivity index (χ1) is 30.5. The fourth-order valence-electron chi connectivity index (χ4n) is 9.62. The number of hydrazine groups is 1. The van der Waals surface area contributed by atoms with E-state index in [1.807, 2.05) is 45.2 Å². The number of carbonyl (C=O) groups is 5. The number of ether oxygens (including phenoxy) is 2. The van der Waals surface area contributed by atoms with Gasteiger partial charge in [0.15, 0.2) is 0 Å². The minimum Gasteiger partial charge on any atom is -0.508 e. The van der Waals surface area contributed by atoms with Crippen LogP contribution in [0.25, 0.3) is 33.3 Å². The number of cyclic esters (lactones) is 1. The number of aryl methyl sites for hydroxylation is 1. The number of phenols is 1. The molecule has 0 spiro atoms. The molecule has 2 aromatic carbocycles. The number of amides is 4. The Balaban J connectivity index is 0.00000306. The third kappa shape index (κ3) is 12.4. The number of likely N-dealkylation sites (tertiary alicyclic amines) is 1. The van der Waals surface area contributed by atoms with E-state index in [2.05, 4.69) is 52.9 Å². The lowest BCUT2D eigenvalue weighted by molar-refractivity contribution is -0.155. The van der Waals surface area contributed by atoms with Crippen LogP contribution in [0.15, 0.2) is 67.4 Å². The number of hydrogen-bond donors (Lipinski definition) is 3. The van der Waals surface area contributed by atoms with Gasteiger partial charge >= 0.3 is 5.97 Å². The summed E-state index contributed by atoms with van der Waals surface area (Å²) in [6.45, 7) is 12.7. The molecule has 4 aromatic rings. The molecule has 5 heterocycles. The number of nitrogens with zero attached hydrogens (tertiary/aromatic N) is 5. The van der Waals surface area contributed by atoms with Crippen LogP contribution in [-0.2, 0) is 59.9 Å². The van der Waals surface area contributed by atoms with Crippen molar-refractivity contribution in [3.05, 3.63) is 84.2 Å². The van der Waals surface area contributed by atoms with Crippen LogP contribution in [-0.4, -0.2) is 118 Å². The van der Waals surface area contributed by atoms with Crippen LogP contribution in [0.1, 0.15) is 63.8 Å². The van der Waals surface area contributed by atoms with Gasteiger partial charge in [0.25, 0.3) is 5.91 Å². The van der Waals surface area contributed by atoms with Crippen LogP contribution >= 0.6 is 54.0 Å². The number of carbonyl (C=O) groups excluding carboxylic acids is 5. The number of esters is 1. The second kappa shape index (κ2) is 24.3. The molecule has 7 rings (SSSR count). The molecule has 2 aromatic heterocycles. The molecule has 3 aliphatic heterocycles. The molecule has 0 aliphatic carbocycles. The Kier molecular flexibility index (Phi) is 20.6. The molecule has 3 aliphatic rings. The zero-order valence-corrected chi connectivity index (χ0v) is 44.0. The molecule has 372 valence electrons. The zero-order valence-electron chi connectivity index (χ0n) is 40.0. The fraction of sp³-hybridized carbons (Fsp3) is 0.469.